The van der Waals surface area contributed by atoms with E-state index in [0.29, 0.717) is 6.04 Å². The van der Waals surface area contributed by atoms with Crippen molar-refractivity contribution < 1.29 is 4.42 Å². The van der Waals surface area contributed by atoms with E-state index < -0.39 is 0 Å². The minimum atomic E-state index is 0.432. The second-order valence-corrected chi connectivity index (χ2v) is 4.64. The molecular formula is C13H20N4O. The van der Waals surface area contributed by atoms with Gasteiger partial charge in [-0.05, 0) is 12.5 Å². The molecule has 0 fully saturated rings. The Morgan fingerprint density at radius 1 is 1.44 bits per heavy atom. The van der Waals surface area contributed by atoms with Gasteiger partial charge in [-0.25, -0.2) is 4.68 Å². The van der Waals surface area contributed by atoms with E-state index >= 15 is 0 Å². The molecule has 0 saturated heterocycles. The molecule has 0 bridgehead atoms. The number of aromatic nitrogens is 3. The normalized spacial score (nSPS) is 11.3. The van der Waals surface area contributed by atoms with Gasteiger partial charge in [0.1, 0.15) is 5.76 Å². The lowest BCUT2D eigenvalue weighted by Crippen LogP contribution is -2.21. The molecule has 98 valence electrons. The number of nitrogens with zero attached hydrogens (tertiary/aromatic N) is 3. The molecule has 0 aliphatic heterocycles. The summed E-state index contributed by atoms with van der Waals surface area (Å²) in [5.74, 6) is 0.934. The molecule has 0 aliphatic rings. The Kier molecular flexibility index (Phi) is 4.15. The fraction of sp³-hybridized carbons (Fsp3) is 0.538. The average Bonchev–Trinajstić information content (AvgIpc) is 2.94. The lowest BCUT2D eigenvalue weighted by molar-refractivity contribution is 0.465. The number of rotatable bonds is 6. The van der Waals surface area contributed by atoms with E-state index in [-0.39, 0.29) is 0 Å². The molecule has 1 N–H and O–H groups in total. The SMILES string of the molecule is CCCn1nncc1-c1ccoc1CNC(C)C. The fourth-order valence-electron chi connectivity index (χ4n) is 1.85. The highest BCUT2D eigenvalue weighted by atomic mass is 16.3. The van der Waals surface area contributed by atoms with Crippen LogP contribution in [0.2, 0.25) is 0 Å². The van der Waals surface area contributed by atoms with E-state index in [1.165, 1.54) is 0 Å². The molecule has 5 heteroatoms. The van der Waals surface area contributed by atoms with Crippen molar-refractivity contribution in [3.8, 4) is 11.3 Å². The molecule has 0 amide bonds. The van der Waals surface area contributed by atoms with Crippen LogP contribution in [0.3, 0.4) is 0 Å². The van der Waals surface area contributed by atoms with Crippen LogP contribution in [0.15, 0.2) is 22.9 Å². The highest BCUT2D eigenvalue weighted by Gasteiger charge is 2.13. The third-order valence-corrected chi connectivity index (χ3v) is 2.75. The number of aryl methyl sites for hydroxylation is 1. The lowest BCUT2D eigenvalue weighted by Gasteiger charge is -2.08. The molecule has 0 unspecified atom stereocenters. The molecule has 2 heterocycles. The maximum Gasteiger partial charge on any atom is 0.126 e. The van der Waals surface area contributed by atoms with Gasteiger partial charge in [-0.3, -0.25) is 0 Å². The summed E-state index contributed by atoms with van der Waals surface area (Å²) in [5.41, 5.74) is 2.09. The van der Waals surface area contributed by atoms with E-state index in [1.807, 2.05) is 10.7 Å². The summed E-state index contributed by atoms with van der Waals surface area (Å²) in [7, 11) is 0. The first kappa shape index (κ1) is 12.8. The zero-order valence-electron chi connectivity index (χ0n) is 11.2. The number of hydrogen-bond donors (Lipinski definition) is 1. The van der Waals surface area contributed by atoms with Gasteiger partial charge in [0, 0.05) is 18.2 Å². The molecule has 5 nitrogen and oxygen atoms in total. The molecule has 2 aromatic rings. The minimum absolute atomic E-state index is 0.432. The monoisotopic (exact) mass is 248 g/mol. The van der Waals surface area contributed by atoms with Crippen molar-refractivity contribution in [1.29, 1.82) is 0 Å². The molecule has 0 saturated carbocycles. The van der Waals surface area contributed by atoms with Crippen LogP contribution in [0.1, 0.15) is 33.0 Å². The third kappa shape index (κ3) is 2.79. The Hall–Kier alpha value is -1.62. The van der Waals surface area contributed by atoms with Crippen LogP contribution in [-0.4, -0.2) is 21.0 Å². The van der Waals surface area contributed by atoms with Gasteiger partial charge in [0.15, 0.2) is 0 Å². The quantitative estimate of drug-likeness (QED) is 0.853. The Balaban J connectivity index is 2.22. The molecule has 0 radical (unpaired) electrons. The van der Waals surface area contributed by atoms with E-state index in [2.05, 4.69) is 36.4 Å². The summed E-state index contributed by atoms with van der Waals surface area (Å²) in [6, 6.07) is 2.41. The van der Waals surface area contributed by atoms with Gasteiger partial charge in [-0.2, -0.15) is 0 Å². The summed E-state index contributed by atoms with van der Waals surface area (Å²) >= 11 is 0. The minimum Gasteiger partial charge on any atom is -0.467 e. The van der Waals surface area contributed by atoms with Crippen LogP contribution in [0.25, 0.3) is 11.3 Å². The maximum atomic E-state index is 5.54. The molecule has 2 aromatic heterocycles. The van der Waals surface area contributed by atoms with Crippen LogP contribution in [0.4, 0.5) is 0 Å². The standard InChI is InChI=1S/C13H20N4O/c1-4-6-17-12(8-15-16-17)11-5-7-18-13(11)9-14-10(2)3/h5,7-8,10,14H,4,6,9H2,1-3H3. The van der Waals surface area contributed by atoms with Crippen LogP contribution >= 0.6 is 0 Å². The Labute approximate surface area is 107 Å². The Bertz CT molecular complexity index is 487. The molecular weight excluding hydrogens is 228 g/mol. The highest BCUT2D eigenvalue weighted by Crippen LogP contribution is 2.24. The number of hydrogen-bond acceptors (Lipinski definition) is 4. The zero-order valence-corrected chi connectivity index (χ0v) is 11.2. The second-order valence-electron chi connectivity index (χ2n) is 4.64. The summed E-state index contributed by atoms with van der Waals surface area (Å²) in [4.78, 5) is 0. The Morgan fingerprint density at radius 3 is 3.00 bits per heavy atom. The molecule has 0 aromatic carbocycles. The van der Waals surface area contributed by atoms with Crippen molar-refractivity contribution in [2.24, 2.45) is 0 Å². The predicted octanol–water partition coefficient (Wildman–Crippen LogP) is 2.45. The van der Waals surface area contributed by atoms with E-state index in [9.17, 15) is 0 Å². The van der Waals surface area contributed by atoms with Crippen molar-refractivity contribution in [1.82, 2.24) is 20.3 Å². The zero-order chi connectivity index (χ0) is 13.0. The molecule has 0 spiro atoms. The molecule has 18 heavy (non-hydrogen) atoms. The first-order chi connectivity index (χ1) is 8.72. The van der Waals surface area contributed by atoms with Crippen molar-refractivity contribution in [2.45, 2.75) is 46.3 Å². The summed E-state index contributed by atoms with van der Waals surface area (Å²) < 4.78 is 7.46. The summed E-state index contributed by atoms with van der Waals surface area (Å²) in [6.45, 7) is 7.95. The van der Waals surface area contributed by atoms with Gasteiger partial charge < -0.3 is 9.73 Å². The largest absolute Gasteiger partial charge is 0.467 e. The average molecular weight is 248 g/mol. The predicted molar refractivity (Wildman–Crippen MR) is 70.0 cm³/mol. The van der Waals surface area contributed by atoms with Crippen molar-refractivity contribution in [2.75, 3.05) is 0 Å². The second kappa shape index (κ2) is 5.82. The fourth-order valence-corrected chi connectivity index (χ4v) is 1.85. The van der Waals surface area contributed by atoms with E-state index in [1.54, 1.807) is 12.5 Å². The third-order valence-electron chi connectivity index (χ3n) is 2.75. The summed E-state index contributed by atoms with van der Waals surface area (Å²) in [5, 5.41) is 11.4. The van der Waals surface area contributed by atoms with Crippen molar-refractivity contribution in [3.05, 3.63) is 24.3 Å². The lowest BCUT2D eigenvalue weighted by atomic mass is 10.2. The molecule has 0 aliphatic carbocycles. The van der Waals surface area contributed by atoms with Gasteiger partial charge in [0.25, 0.3) is 0 Å². The van der Waals surface area contributed by atoms with E-state index in [4.69, 9.17) is 4.42 Å². The van der Waals surface area contributed by atoms with Crippen molar-refractivity contribution in [3.63, 3.8) is 0 Å². The van der Waals surface area contributed by atoms with Crippen LogP contribution in [0.5, 0.6) is 0 Å². The highest BCUT2D eigenvalue weighted by molar-refractivity contribution is 5.60. The van der Waals surface area contributed by atoms with E-state index in [0.717, 1.165) is 36.5 Å². The smallest absolute Gasteiger partial charge is 0.126 e. The Morgan fingerprint density at radius 2 is 2.28 bits per heavy atom. The van der Waals surface area contributed by atoms with Crippen LogP contribution in [0, 0.1) is 0 Å². The number of furan rings is 1. The van der Waals surface area contributed by atoms with Gasteiger partial charge in [-0.15, -0.1) is 5.10 Å². The van der Waals surface area contributed by atoms with Gasteiger partial charge in [-0.1, -0.05) is 26.0 Å². The topological polar surface area (TPSA) is 55.9 Å². The van der Waals surface area contributed by atoms with Gasteiger partial charge in [0.05, 0.1) is 24.7 Å². The van der Waals surface area contributed by atoms with Gasteiger partial charge >= 0.3 is 0 Å². The maximum absolute atomic E-state index is 5.54. The van der Waals surface area contributed by atoms with Crippen LogP contribution in [-0.2, 0) is 13.1 Å². The number of nitrogens with one attached hydrogen (secondary N) is 1. The molecule has 0 atom stereocenters. The van der Waals surface area contributed by atoms with Crippen molar-refractivity contribution >= 4 is 0 Å². The van der Waals surface area contributed by atoms with Crippen LogP contribution < -0.4 is 5.32 Å². The molecule has 2 rings (SSSR count). The first-order valence-electron chi connectivity index (χ1n) is 6.41. The summed E-state index contributed by atoms with van der Waals surface area (Å²) in [6.07, 6.45) is 4.54. The first-order valence-corrected chi connectivity index (χ1v) is 6.41. The van der Waals surface area contributed by atoms with Gasteiger partial charge in [0.2, 0.25) is 0 Å².